The maximum absolute atomic E-state index is 5.96. The van der Waals surface area contributed by atoms with Gasteiger partial charge in [0.2, 0.25) is 0 Å². The van der Waals surface area contributed by atoms with Gasteiger partial charge in [-0.15, -0.1) is 0 Å². The Hall–Kier alpha value is -1.38. The van der Waals surface area contributed by atoms with Crippen molar-refractivity contribution in [1.82, 2.24) is 0 Å². The van der Waals surface area contributed by atoms with Crippen molar-refractivity contribution in [3.05, 3.63) is 18.2 Å². The highest BCUT2D eigenvalue weighted by molar-refractivity contribution is 5.61. The topological polar surface area (TPSA) is 47.3 Å². The highest BCUT2D eigenvalue weighted by Gasteiger charge is 2.19. The Morgan fingerprint density at radius 2 is 2.05 bits per heavy atom. The van der Waals surface area contributed by atoms with Crippen molar-refractivity contribution < 1.29 is 4.74 Å². The minimum Gasteiger partial charge on any atom is -0.491 e. The van der Waals surface area contributed by atoms with E-state index in [1.54, 1.807) is 0 Å². The highest BCUT2D eigenvalue weighted by Crippen LogP contribution is 2.29. The van der Waals surface area contributed by atoms with Gasteiger partial charge in [-0.05, 0) is 37.3 Å². The van der Waals surface area contributed by atoms with Gasteiger partial charge in [0.05, 0.1) is 12.3 Å². The third-order valence-electron chi connectivity index (χ3n) is 4.19. The first kappa shape index (κ1) is 15.0. The van der Waals surface area contributed by atoms with Crippen LogP contribution in [-0.4, -0.2) is 12.6 Å². The molecule has 0 amide bonds. The van der Waals surface area contributed by atoms with Crippen LogP contribution in [0.1, 0.15) is 52.4 Å². The van der Waals surface area contributed by atoms with E-state index in [1.165, 1.54) is 32.1 Å². The largest absolute Gasteiger partial charge is 0.491 e. The number of rotatable bonds is 5. The van der Waals surface area contributed by atoms with Gasteiger partial charge in [-0.25, -0.2) is 0 Å². The molecule has 2 atom stereocenters. The minimum atomic E-state index is 0.570. The van der Waals surface area contributed by atoms with Crippen molar-refractivity contribution in [3.63, 3.8) is 0 Å². The lowest BCUT2D eigenvalue weighted by atomic mass is 9.96. The molecule has 1 fully saturated rings. The summed E-state index contributed by atoms with van der Waals surface area (Å²) in [5, 5.41) is 3.68. The molecule has 1 aliphatic rings. The van der Waals surface area contributed by atoms with Crippen LogP contribution in [0.5, 0.6) is 5.75 Å². The van der Waals surface area contributed by atoms with Crippen LogP contribution in [0, 0.1) is 5.92 Å². The lowest BCUT2D eigenvalue weighted by molar-refractivity contribution is 0.319. The van der Waals surface area contributed by atoms with Gasteiger partial charge >= 0.3 is 0 Å². The molecule has 0 aliphatic heterocycles. The molecule has 2 rings (SSSR count). The lowest BCUT2D eigenvalue weighted by Crippen LogP contribution is -2.26. The van der Waals surface area contributed by atoms with Crippen LogP contribution in [0.25, 0.3) is 0 Å². The van der Waals surface area contributed by atoms with E-state index in [-0.39, 0.29) is 0 Å². The van der Waals surface area contributed by atoms with Crippen LogP contribution in [-0.2, 0) is 0 Å². The van der Waals surface area contributed by atoms with Crippen molar-refractivity contribution in [2.24, 2.45) is 5.92 Å². The molecule has 2 unspecified atom stereocenters. The molecule has 0 radical (unpaired) electrons. The normalized spacial score (nSPS) is 23.1. The Morgan fingerprint density at radius 3 is 2.85 bits per heavy atom. The van der Waals surface area contributed by atoms with Crippen molar-refractivity contribution in [2.45, 2.75) is 58.4 Å². The molecule has 1 aromatic rings. The number of anilines is 2. The fourth-order valence-corrected chi connectivity index (χ4v) is 2.88. The smallest absolute Gasteiger partial charge is 0.144 e. The second kappa shape index (κ2) is 7.41. The summed E-state index contributed by atoms with van der Waals surface area (Å²) < 4.78 is 5.70. The van der Waals surface area contributed by atoms with Gasteiger partial charge in [0, 0.05) is 17.8 Å². The van der Waals surface area contributed by atoms with E-state index < -0.39 is 0 Å². The maximum Gasteiger partial charge on any atom is 0.144 e. The molecule has 3 nitrogen and oxygen atoms in total. The van der Waals surface area contributed by atoms with E-state index in [0.29, 0.717) is 12.6 Å². The molecule has 0 spiro atoms. The molecule has 1 saturated carbocycles. The molecule has 3 heteroatoms. The zero-order valence-corrected chi connectivity index (χ0v) is 12.8. The van der Waals surface area contributed by atoms with Crippen molar-refractivity contribution in [1.29, 1.82) is 0 Å². The van der Waals surface area contributed by atoms with Gasteiger partial charge in [0.1, 0.15) is 5.75 Å². The van der Waals surface area contributed by atoms with Crippen LogP contribution < -0.4 is 15.8 Å². The minimum absolute atomic E-state index is 0.570. The molecule has 3 N–H and O–H groups in total. The predicted molar refractivity (Wildman–Crippen MR) is 86.3 cm³/mol. The fourth-order valence-electron chi connectivity index (χ4n) is 2.88. The molecule has 0 saturated heterocycles. The zero-order valence-electron chi connectivity index (χ0n) is 12.8. The summed E-state index contributed by atoms with van der Waals surface area (Å²) >= 11 is 0. The number of nitrogens with one attached hydrogen (secondary N) is 1. The van der Waals surface area contributed by atoms with Crippen LogP contribution in [0.4, 0.5) is 11.4 Å². The summed E-state index contributed by atoms with van der Waals surface area (Å²) in [6, 6.07) is 6.61. The molecule has 0 heterocycles. The van der Waals surface area contributed by atoms with E-state index in [2.05, 4.69) is 25.2 Å². The van der Waals surface area contributed by atoms with Gasteiger partial charge in [0.15, 0.2) is 0 Å². The Balaban J connectivity index is 2.04. The summed E-state index contributed by atoms with van der Waals surface area (Å²) in [5.74, 6) is 1.54. The predicted octanol–water partition coefficient (Wildman–Crippen LogP) is 4.44. The summed E-state index contributed by atoms with van der Waals surface area (Å²) in [6.07, 6.45) is 7.65. The van der Waals surface area contributed by atoms with Gasteiger partial charge in [-0.3, -0.25) is 0 Å². The first-order chi connectivity index (χ1) is 9.70. The fraction of sp³-hybridized carbons (Fsp3) is 0.647. The number of ether oxygens (including phenoxy) is 1. The van der Waals surface area contributed by atoms with Crippen molar-refractivity contribution in [2.75, 3.05) is 17.7 Å². The SMILES string of the molecule is CCCOc1cc(NC2CCCCCC2C)ccc1N. The van der Waals surface area contributed by atoms with E-state index in [9.17, 15) is 0 Å². The summed E-state index contributed by atoms with van der Waals surface area (Å²) in [4.78, 5) is 0. The van der Waals surface area contributed by atoms with Gasteiger partial charge in [-0.1, -0.05) is 33.1 Å². The number of benzene rings is 1. The number of nitrogen functional groups attached to an aromatic ring is 1. The Kier molecular flexibility index (Phi) is 5.57. The van der Waals surface area contributed by atoms with E-state index in [0.717, 1.165) is 29.5 Å². The Bertz CT molecular complexity index is 419. The standard InChI is InChI=1S/C17H28N2O/c1-3-11-20-17-12-14(9-10-15(17)18)19-16-8-6-4-5-7-13(16)2/h9-10,12-13,16,19H,3-8,11,18H2,1-2H3. The molecule has 1 aliphatic carbocycles. The first-order valence-electron chi connectivity index (χ1n) is 7.99. The molecular formula is C17H28N2O. The second-order valence-electron chi connectivity index (χ2n) is 5.97. The average Bonchev–Trinajstić information content (AvgIpc) is 2.65. The molecule has 1 aromatic carbocycles. The molecule has 0 bridgehead atoms. The third kappa shape index (κ3) is 4.06. The maximum atomic E-state index is 5.96. The Morgan fingerprint density at radius 1 is 1.25 bits per heavy atom. The second-order valence-corrected chi connectivity index (χ2v) is 5.97. The van der Waals surface area contributed by atoms with Gasteiger partial charge in [-0.2, -0.15) is 0 Å². The third-order valence-corrected chi connectivity index (χ3v) is 4.19. The number of hydrogen-bond acceptors (Lipinski definition) is 3. The summed E-state index contributed by atoms with van der Waals surface area (Å²) in [6.45, 7) is 5.17. The molecule has 20 heavy (non-hydrogen) atoms. The zero-order chi connectivity index (χ0) is 14.4. The average molecular weight is 276 g/mol. The van der Waals surface area contributed by atoms with Crippen LogP contribution in [0.3, 0.4) is 0 Å². The molecular weight excluding hydrogens is 248 g/mol. The molecule has 112 valence electrons. The van der Waals surface area contributed by atoms with E-state index >= 15 is 0 Å². The van der Waals surface area contributed by atoms with Crippen LogP contribution in [0.15, 0.2) is 18.2 Å². The van der Waals surface area contributed by atoms with Crippen LogP contribution >= 0.6 is 0 Å². The Labute approximate surface area is 122 Å². The first-order valence-corrected chi connectivity index (χ1v) is 7.99. The van der Waals surface area contributed by atoms with Crippen molar-refractivity contribution >= 4 is 11.4 Å². The summed E-state index contributed by atoms with van der Waals surface area (Å²) in [5.41, 5.74) is 7.81. The number of hydrogen-bond donors (Lipinski definition) is 2. The van der Waals surface area contributed by atoms with Crippen molar-refractivity contribution in [3.8, 4) is 5.75 Å². The quantitative estimate of drug-likeness (QED) is 0.617. The van der Waals surface area contributed by atoms with Crippen LogP contribution in [0.2, 0.25) is 0 Å². The van der Waals surface area contributed by atoms with Gasteiger partial charge < -0.3 is 15.8 Å². The van der Waals surface area contributed by atoms with E-state index in [1.807, 2.05) is 12.1 Å². The monoisotopic (exact) mass is 276 g/mol. The number of nitrogens with two attached hydrogens (primary N) is 1. The lowest BCUT2D eigenvalue weighted by Gasteiger charge is -2.24. The highest BCUT2D eigenvalue weighted by atomic mass is 16.5. The van der Waals surface area contributed by atoms with E-state index in [4.69, 9.17) is 10.5 Å². The van der Waals surface area contributed by atoms with Gasteiger partial charge in [0.25, 0.3) is 0 Å². The molecule has 0 aromatic heterocycles. The summed E-state index contributed by atoms with van der Waals surface area (Å²) in [7, 11) is 0.